The van der Waals surface area contributed by atoms with Crippen LogP contribution in [0.25, 0.3) is 0 Å². The Labute approximate surface area is 99.1 Å². The first kappa shape index (κ1) is 15.3. The average Bonchev–Trinajstić information content (AvgIpc) is 2.32. The first-order chi connectivity index (χ1) is 8.01. The molecule has 0 heterocycles. The predicted octanol–water partition coefficient (Wildman–Crippen LogP) is -0.442. The van der Waals surface area contributed by atoms with E-state index in [0.717, 1.165) is 6.08 Å². The predicted molar refractivity (Wildman–Crippen MR) is 59.0 cm³/mol. The first-order valence-electron chi connectivity index (χ1n) is 4.95. The fourth-order valence-corrected chi connectivity index (χ4v) is 0.883. The summed E-state index contributed by atoms with van der Waals surface area (Å²) in [6, 6.07) is 0. The third-order valence-electron chi connectivity index (χ3n) is 1.65. The summed E-state index contributed by atoms with van der Waals surface area (Å²) in [6.07, 6.45) is 1.08. The van der Waals surface area contributed by atoms with Crippen molar-refractivity contribution in [3.63, 3.8) is 0 Å². The minimum Gasteiger partial charge on any atom is -0.460 e. The maximum absolute atomic E-state index is 11.2. The maximum atomic E-state index is 11.2. The van der Waals surface area contributed by atoms with Gasteiger partial charge >= 0.3 is 11.9 Å². The molecule has 0 rings (SSSR count). The smallest absolute Gasteiger partial charge is 0.333 e. The van der Waals surface area contributed by atoms with E-state index in [1.165, 1.54) is 13.0 Å². The molecule has 0 spiro atoms. The molecule has 17 heavy (non-hydrogen) atoms. The van der Waals surface area contributed by atoms with Gasteiger partial charge in [-0.05, 0) is 13.0 Å². The van der Waals surface area contributed by atoms with Crippen LogP contribution in [0.4, 0.5) is 0 Å². The Balaban J connectivity index is 4.13. The van der Waals surface area contributed by atoms with E-state index in [1.807, 2.05) is 0 Å². The molecule has 0 aromatic rings. The largest absolute Gasteiger partial charge is 0.460 e. The molecule has 1 atom stereocenters. The SMILES string of the molecule is C=CC(=O)OCC(O)C=C(C)C(=O)OCCO. The van der Waals surface area contributed by atoms with Gasteiger partial charge in [0.2, 0.25) is 0 Å². The normalized spacial score (nSPS) is 12.8. The van der Waals surface area contributed by atoms with E-state index >= 15 is 0 Å². The Hall–Kier alpha value is -1.66. The zero-order valence-corrected chi connectivity index (χ0v) is 9.59. The molecule has 6 nitrogen and oxygen atoms in total. The summed E-state index contributed by atoms with van der Waals surface area (Å²) in [4.78, 5) is 21.9. The molecule has 2 N–H and O–H groups in total. The summed E-state index contributed by atoms with van der Waals surface area (Å²) in [6.45, 7) is 4.00. The lowest BCUT2D eigenvalue weighted by Crippen LogP contribution is -2.17. The molecule has 6 heteroatoms. The van der Waals surface area contributed by atoms with E-state index in [9.17, 15) is 14.7 Å². The van der Waals surface area contributed by atoms with E-state index in [-0.39, 0.29) is 25.4 Å². The van der Waals surface area contributed by atoms with Crippen LogP contribution in [0.5, 0.6) is 0 Å². The standard InChI is InChI=1S/C11H16O6/c1-3-10(14)17-7-9(13)6-8(2)11(15)16-5-4-12/h3,6,9,12-13H,1,4-5,7H2,2H3. The fraction of sp³-hybridized carbons (Fsp3) is 0.455. The fourth-order valence-electron chi connectivity index (χ4n) is 0.883. The molecule has 0 bridgehead atoms. The van der Waals surface area contributed by atoms with Gasteiger partial charge in [0, 0.05) is 11.6 Å². The summed E-state index contributed by atoms with van der Waals surface area (Å²) in [5.41, 5.74) is 0.167. The summed E-state index contributed by atoms with van der Waals surface area (Å²) < 4.78 is 9.18. The minimum absolute atomic E-state index is 0.106. The number of aliphatic hydroxyl groups excluding tert-OH is 2. The third kappa shape index (κ3) is 7.26. The lowest BCUT2D eigenvalue weighted by Gasteiger charge is -2.08. The van der Waals surface area contributed by atoms with Crippen LogP contribution >= 0.6 is 0 Å². The monoisotopic (exact) mass is 244 g/mol. The van der Waals surface area contributed by atoms with Crippen LogP contribution in [-0.4, -0.2) is 48.1 Å². The molecular formula is C11H16O6. The van der Waals surface area contributed by atoms with Crippen molar-refractivity contribution in [2.45, 2.75) is 13.0 Å². The van der Waals surface area contributed by atoms with Crippen molar-refractivity contribution in [3.8, 4) is 0 Å². The number of carbonyl (C=O) groups excluding carboxylic acids is 2. The van der Waals surface area contributed by atoms with Crippen molar-refractivity contribution in [2.75, 3.05) is 19.8 Å². The second kappa shape index (κ2) is 8.49. The molecule has 0 radical (unpaired) electrons. The molecule has 0 saturated heterocycles. The quantitative estimate of drug-likeness (QED) is 0.466. The van der Waals surface area contributed by atoms with Gasteiger partial charge in [0.15, 0.2) is 0 Å². The third-order valence-corrected chi connectivity index (χ3v) is 1.65. The summed E-state index contributed by atoms with van der Waals surface area (Å²) >= 11 is 0. The Morgan fingerprint density at radius 3 is 2.59 bits per heavy atom. The Morgan fingerprint density at radius 1 is 1.41 bits per heavy atom. The number of hydrogen-bond donors (Lipinski definition) is 2. The molecule has 0 aliphatic rings. The highest BCUT2D eigenvalue weighted by Gasteiger charge is 2.09. The van der Waals surface area contributed by atoms with Gasteiger partial charge in [0.1, 0.15) is 19.3 Å². The van der Waals surface area contributed by atoms with Gasteiger partial charge in [-0.15, -0.1) is 0 Å². The highest BCUT2D eigenvalue weighted by Crippen LogP contribution is 2.00. The summed E-state index contributed by atoms with van der Waals surface area (Å²) in [5.74, 6) is -1.30. The van der Waals surface area contributed by atoms with E-state index < -0.39 is 18.0 Å². The number of rotatable bonds is 7. The van der Waals surface area contributed by atoms with Crippen molar-refractivity contribution in [2.24, 2.45) is 0 Å². The topological polar surface area (TPSA) is 93.1 Å². The van der Waals surface area contributed by atoms with Gasteiger partial charge in [-0.1, -0.05) is 6.58 Å². The van der Waals surface area contributed by atoms with E-state index in [1.54, 1.807) is 0 Å². The molecular weight excluding hydrogens is 228 g/mol. The van der Waals surface area contributed by atoms with Crippen molar-refractivity contribution < 1.29 is 29.3 Å². The Bertz CT molecular complexity index is 307. The highest BCUT2D eigenvalue weighted by atomic mass is 16.5. The van der Waals surface area contributed by atoms with Crippen LogP contribution < -0.4 is 0 Å². The molecule has 0 saturated carbocycles. The lowest BCUT2D eigenvalue weighted by atomic mass is 10.2. The number of carbonyl (C=O) groups is 2. The zero-order chi connectivity index (χ0) is 13.3. The molecule has 96 valence electrons. The number of hydrogen-bond acceptors (Lipinski definition) is 6. The Kier molecular flexibility index (Phi) is 7.66. The first-order valence-corrected chi connectivity index (χ1v) is 4.95. The average molecular weight is 244 g/mol. The minimum atomic E-state index is -1.10. The highest BCUT2D eigenvalue weighted by molar-refractivity contribution is 5.87. The van der Waals surface area contributed by atoms with E-state index in [0.29, 0.717) is 0 Å². The maximum Gasteiger partial charge on any atom is 0.333 e. The second-order valence-corrected chi connectivity index (χ2v) is 3.11. The molecule has 0 aromatic heterocycles. The number of esters is 2. The molecule has 0 fully saturated rings. The molecule has 1 unspecified atom stereocenters. The van der Waals surface area contributed by atoms with Gasteiger partial charge in [-0.3, -0.25) is 0 Å². The molecule has 0 aliphatic carbocycles. The van der Waals surface area contributed by atoms with Gasteiger partial charge in [0.05, 0.1) is 6.61 Å². The second-order valence-electron chi connectivity index (χ2n) is 3.11. The van der Waals surface area contributed by atoms with E-state index in [2.05, 4.69) is 16.1 Å². The van der Waals surface area contributed by atoms with E-state index in [4.69, 9.17) is 5.11 Å². The summed E-state index contributed by atoms with van der Waals surface area (Å²) in [7, 11) is 0. The van der Waals surface area contributed by atoms with Crippen LogP contribution in [0.3, 0.4) is 0 Å². The van der Waals surface area contributed by atoms with Gasteiger partial charge in [-0.25, -0.2) is 9.59 Å². The van der Waals surface area contributed by atoms with Crippen LogP contribution in [0.15, 0.2) is 24.3 Å². The summed E-state index contributed by atoms with van der Waals surface area (Å²) in [5, 5.41) is 17.8. The van der Waals surface area contributed by atoms with Crippen LogP contribution in [0, 0.1) is 0 Å². The van der Waals surface area contributed by atoms with Gasteiger partial charge < -0.3 is 19.7 Å². The van der Waals surface area contributed by atoms with Crippen LogP contribution in [0.2, 0.25) is 0 Å². The van der Waals surface area contributed by atoms with Crippen LogP contribution in [0.1, 0.15) is 6.92 Å². The van der Waals surface area contributed by atoms with Crippen molar-refractivity contribution in [1.29, 1.82) is 0 Å². The lowest BCUT2D eigenvalue weighted by molar-refractivity contribution is -0.140. The molecule has 0 aromatic carbocycles. The Morgan fingerprint density at radius 2 is 2.06 bits per heavy atom. The molecule has 0 aliphatic heterocycles. The van der Waals surface area contributed by atoms with Crippen molar-refractivity contribution >= 4 is 11.9 Å². The number of aliphatic hydroxyl groups is 2. The van der Waals surface area contributed by atoms with Crippen LogP contribution in [-0.2, 0) is 19.1 Å². The molecule has 0 amide bonds. The number of ether oxygens (including phenoxy) is 2. The van der Waals surface area contributed by atoms with Gasteiger partial charge in [-0.2, -0.15) is 0 Å². The zero-order valence-electron chi connectivity index (χ0n) is 9.59. The van der Waals surface area contributed by atoms with Crippen molar-refractivity contribution in [1.82, 2.24) is 0 Å². The van der Waals surface area contributed by atoms with Gasteiger partial charge in [0.25, 0.3) is 0 Å². The van der Waals surface area contributed by atoms with Crippen molar-refractivity contribution in [3.05, 3.63) is 24.3 Å².